The zero-order valence-electron chi connectivity index (χ0n) is 20.3. The molecule has 0 aliphatic heterocycles. The Morgan fingerprint density at radius 1 is 0.971 bits per heavy atom. The predicted molar refractivity (Wildman–Crippen MR) is 139 cm³/mol. The third-order valence-corrected chi connectivity index (χ3v) is 6.27. The molecular weight excluding hydrogens is 440 g/mol. The van der Waals surface area contributed by atoms with E-state index < -0.39 is 0 Å². The topological polar surface area (TPSA) is 97.7 Å². The summed E-state index contributed by atoms with van der Waals surface area (Å²) in [4.78, 5) is 19.9. The van der Waals surface area contributed by atoms with Crippen molar-refractivity contribution in [3.05, 3.63) is 81.8 Å². The van der Waals surface area contributed by atoms with Gasteiger partial charge in [-0.1, -0.05) is 12.1 Å². The van der Waals surface area contributed by atoms with E-state index in [2.05, 4.69) is 56.0 Å². The molecule has 3 aromatic heterocycles. The molecule has 8 heteroatoms. The average Bonchev–Trinajstić information content (AvgIpc) is 3.12. The van der Waals surface area contributed by atoms with E-state index in [-0.39, 0.29) is 5.56 Å². The van der Waals surface area contributed by atoms with E-state index >= 15 is 0 Å². The van der Waals surface area contributed by atoms with Crippen molar-refractivity contribution < 1.29 is 4.74 Å². The minimum Gasteiger partial charge on any atom is -0.494 e. The van der Waals surface area contributed by atoms with Crippen LogP contribution in [-0.2, 0) is 6.42 Å². The lowest BCUT2D eigenvalue weighted by molar-refractivity contribution is 0.340. The number of rotatable bonds is 7. The number of ether oxygens (including phenoxy) is 1. The highest BCUT2D eigenvalue weighted by molar-refractivity contribution is 5.98. The van der Waals surface area contributed by atoms with Crippen LogP contribution in [0.5, 0.6) is 5.75 Å². The van der Waals surface area contributed by atoms with Gasteiger partial charge < -0.3 is 19.6 Å². The Balaban J connectivity index is 1.45. The van der Waals surface area contributed by atoms with Crippen LogP contribution in [0.25, 0.3) is 27.4 Å². The second-order valence-electron chi connectivity index (χ2n) is 8.52. The number of fused-ring (bicyclic) bond motifs is 2. The monoisotopic (exact) mass is 468 g/mol. The minimum absolute atomic E-state index is 0.123. The number of nitrogens with zero attached hydrogens (tertiary/aromatic N) is 4. The van der Waals surface area contributed by atoms with E-state index in [0.717, 1.165) is 45.1 Å². The number of H-pyrrole nitrogens is 1. The van der Waals surface area contributed by atoms with Crippen LogP contribution in [0.4, 0.5) is 5.82 Å². The van der Waals surface area contributed by atoms with E-state index in [1.54, 1.807) is 6.07 Å². The first-order valence-electron chi connectivity index (χ1n) is 11.8. The summed E-state index contributed by atoms with van der Waals surface area (Å²) in [6.45, 7) is 9.36. The van der Waals surface area contributed by atoms with Crippen molar-refractivity contribution in [3.63, 3.8) is 0 Å². The SMILES string of the molecule is CCOc1ccc(-n2c(C)c3c(C)nnc(NCCc4nc5ccccc5c(=O)[nH]4)c3c2C)cc1. The summed E-state index contributed by atoms with van der Waals surface area (Å²) in [6, 6.07) is 15.5. The van der Waals surface area contributed by atoms with Crippen molar-refractivity contribution in [2.45, 2.75) is 34.1 Å². The molecule has 0 unspecified atom stereocenters. The normalized spacial score (nSPS) is 11.3. The number of benzene rings is 2. The highest BCUT2D eigenvalue weighted by Gasteiger charge is 2.19. The molecule has 0 radical (unpaired) electrons. The molecule has 2 N–H and O–H groups in total. The van der Waals surface area contributed by atoms with Gasteiger partial charge in [0.05, 0.1) is 23.2 Å². The molecule has 178 valence electrons. The second kappa shape index (κ2) is 9.21. The van der Waals surface area contributed by atoms with Gasteiger partial charge in [0.2, 0.25) is 0 Å². The third kappa shape index (κ3) is 4.12. The summed E-state index contributed by atoms with van der Waals surface area (Å²) in [5.41, 5.74) is 4.71. The Labute approximate surface area is 203 Å². The molecule has 0 fully saturated rings. The maximum Gasteiger partial charge on any atom is 0.258 e. The van der Waals surface area contributed by atoms with Crippen molar-refractivity contribution in [1.29, 1.82) is 0 Å². The molecule has 0 amide bonds. The van der Waals surface area contributed by atoms with Gasteiger partial charge in [-0.25, -0.2) is 4.98 Å². The summed E-state index contributed by atoms with van der Waals surface area (Å²) < 4.78 is 7.83. The molecule has 5 aromatic rings. The van der Waals surface area contributed by atoms with Crippen molar-refractivity contribution >= 4 is 27.5 Å². The molecule has 2 aromatic carbocycles. The number of aromatic nitrogens is 5. The highest BCUT2D eigenvalue weighted by Crippen LogP contribution is 2.34. The van der Waals surface area contributed by atoms with Crippen LogP contribution in [-0.4, -0.2) is 37.9 Å². The van der Waals surface area contributed by atoms with Crippen LogP contribution in [0.3, 0.4) is 0 Å². The zero-order chi connectivity index (χ0) is 24.5. The number of para-hydroxylation sites is 1. The maximum atomic E-state index is 12.4. The summed E-state index contributed by atoms with van der Waals surface area (Å²) in [5.74, 6) is 2.21. The smallest absolute Gasteiger partial charge is 0.258 e. The molecule has 35 heavy (non-hydrogen) atoms. The van der Waals surface area contributed by atoms with E-state index in [9.17, 15) is 4.79 Å². The number of aryl methyl sites for hydroxylation is 3. The Kier molecular flexibility index (Phi) is 5.94. The average molecular weight is 469 g/mol. The van der Waals surface area contributed by atoms with Crippen molar-refractivity contribution in [3.8, 4) is 11.4 Å². The molecule has 3 heterocycles. The molecule has 0 saturated carbocycles. The Morgan fingerprint density at radius 3 is 2.49 bits per heavy atom. The van der Waals surface area contributed by atoms with Gasteiger partial charge in [-0.2, -0.15) is 5.10 Å². The standard InChI is InChI=1S/C27H28N6O2/c1-5-35-20-12-10-19(11-13-20)33-17(3)24-16(2)31-32-26(25(24)18(33)4)28-15-14-23-29-22-9-7-6-8-21(22)27(34)30-23/h6-13H,5,14-15H2,1-4H3,(H,28,32)(H,29,30,34). The molecule has 5 rings (SSSR count). The number of aromatic amines is 1. The van der Waals surface area contributed by atoms with E-state index in [4.69, 9.17) is 4.74 Å². The Morgan fingerprint density at radius 2 is 1.71 bits per heavy atom. The molecular formula is C27H28N6O2. The van der Waals surface area contributed by atoms with E-state index in [0.29, 0.717) is 36.3 Å². The molecule has 0 bridgehead atoms. The van der Waals surface area contributed by atoms with Crippen LogP contribution in [0.15, 0.2) is 53.3 Å². The molecule has 0 aliphatic rings. The maximum absolute atomic E-state index is 12.4. The number of hydrogen-bond acceptors (Lipinski definition) is 6. The van der Waals surface area contributed by atoms with Gasteiger partial charge >= 0.3 is 0 Å². The molecule has 0 aliphatic carbocycles. The highest BCUT2D eigenvalue weighted by atomic mass is 16.5. The fraction of sp³-hybridized carbons (Fsp3) is 0.259. The van der Waals surface area contributed by atoms with Gasteiger partial charge in [0.1, 0.15) is 11.6 Å². The number of anilines is 1. The quantitative estimate of drug-likeness (QED) is 0.361. The lowest BCUT2D eigenvalue weighted by Gasteiger charge is -2.11. The van der Waals surface area contributed by atoms with Gasteiger partial charge in [0.15, 0.2) is 5.82 Å². The van der Waals surface area contributed by atoms with Crippen LogP contribution >= 0.6 is 0 Å². The van der Waals surface area contributed by atoms with Crippen LogP contribution in [0, 0.1) is 20.8 Å². The van der Waals surface area contributed by atoms with Crippen LogP contribution in [0.1, 0.15) is 29.8 Å². The number of nitrogens with one attached hydrogen (secondary N) is 2. The lowest BCUT2D eigenvalue weighted by Crippen LogP contribution is -2.15. The molecule has 8 nitrogen and oxygen atoms in total. The van der Waals surface area contributed by atoms with Crippen molar-refractivity contribution in [1.82, 2.24) is 24.7 Å². The van der Waals surface area contributed by atoms with Crippen molar-refractivity contribution in [2.24, 2.45) is 0 Å². The van der Waals surface area contributed by atoms with E-state index in [1.165, 1.54) is 0 Å². The fourth-order valence-corrected chi connectivity index (χ4v) is 4.72. The van der Waals surface area contributed by atoms with Crippen LogP contribution in [0.2, 0.25) is 0 Å². The lowest BCUT2D eigenvalue weighted by atomic mass is 10.1. The van der Waals surface area contributed by atoms with Crippen LogP contribution < -0.4 is 15.6 Å². The summed E-state index contributed by atoms with van der Waals surface area (Å²) in [7, 11) is 0. The molecule has 0 spiro atoms. The minimum atomic E-state index is -0.123. The Bertz CT molecular complexity index is 1580. The first-order chi connectivity index (χ1) is 17.0. The first-order valence-corrected chi connectivity index (χ1v) is 11.8. The van der Waals surface area contributed by atoms with Gasteiger partial charge in [-0.15, -0.1) is 5.10 Å². The predicted octanol–water partition coefficient (Wildman–Crippen LogP) is 4.64. The van der Waals surface area contributed by atoms with Gasteiger partial charge in [0, 0.05) is 40.8 Å². The summed E-state index contributed by atoms with van der Waals surface area (Å²) in [6.07, 6.45) is 0.550. The second-order valence-corrected chi connectivity index (χ2v) is 8.52. The van der Waals surface area contributed by atoms with Gasteiger partial charge in [0.25, 0.3) is 5.56 Å². The number of hydrogen-bond donors (Lipinski definition) is 2. The van der Waals surface area contributed by atoms with Gasteiger partial charge in [-0.05, 0) is 64.1 Å². The largest absolute Gasteiger partial charge is 0.494 e. The Hall–Kier alpha value is -4.20. The third-order valence-electron chi connectivity index (χ3n) is 6.27. The van der Waals surface area contributed by atoms with E-state index in [1.807, 2.05) is 44.2 Å². The van der Waals surface area contributed by atoms with Crippen molar-refractivity contribution in [2.75, 3.05) is 18.5 Å². The fourth-order valence-electron chi connectivity index (χ4n) is 4.72. The first kappa shape index (κ1) is 22.6. The summed E-state index contributed by atoms with van der Waals surface area (Å²) >= 11 is 0. The molecule has 0 saturated heterocycles. The summed E-state index contributed by atoms with van der Waals surface area (Å²) in [5, 5.41) is 15.0. The zero-order valence-corrected chi connectivity index (χ0v) is 20.3. The van der Waals surface area contributed by atoms with Gasteiger partial charge in [-0.3, -0.25) is 4.79 Å². The molecule has 0 atom stereocenters.